The Labute approximate surface area is 96.0 Å². The van der Waals surface area contributed by atoms with Crippen molar-refractivity contribution in [1.29, 1.82) is 0 Å². The summed E-state index contributed by atoms with van der Waals surface area (Å²) < 4.78 is 0. The van der Waals surface area contributed by atoms with Gasteiger partial charge in [0.25, 0.3) is 0 Å². The zero-order valence-corrected chi connectivity index (χ0v) is 9.99. The predicted molar refractivity (Wildman–Crippen MR) is 66.5 cm³/mol. The molecular formula is C14H17NO. The summed E-state index contributed by atoms with van der Waals surface area (Å²) in [5.74, 6) is 0. The number of aryl methyl sites for hydroxylation is 2. The van der Waals surface area contributed by atoms with E-state index in [1.807, 2.05) is 25.1 Å². The van der Waals surface area contributed by atoms with E-state index in [0.29, 0.717) is 0 Å². The largest absolute Gasteiger partial charge is 0.389 e. The van der Waals surface area contributed by atoms with Crippen LogP contribution >= 0.6 is 0 Å². The molecule has 0 amide bonds. The fraction of sp³-hybridized carbons (Fsp3) is 0.357. The van der Waals surface area contributed by atoms with Crippen molar-refractivity contribution in [3.05, 3.63) is 41.1 Å². The minimum absolute atomic E-state index is 0.448. The van der Waals surface area contributed by atoms with Crippen molar-refractivity contribution < 1.29 is 5.11 Å². The number of aromatic nitrogens is 1. The van der Waals surface area contributed by atoms with Crippen LogP contribution in [0.15, 0.2) is 24.3 Å². The van der Waals surface area contributed by atoms with Crippen LogP contribution in [-0.4, -0.2) is 10.1 Å². The molecule has 2 rings (SSSR count). The van der Waals surface area contributed by atoms with E-state index in [-0.39, 0.29) is 0 Å². The lowest BCUT2D eigenvalue weighted by molar-refractivity contribution is 0.200. The average molecular weight is 215 g/mol. The second-order valence-corrected chi connectivity index (χ2v) is 4.20. The molecule has 0 radical (unpaired) electrons. The van der Waals surface area contributed by atoms with E-state index < -0.39 is 6.10 Å². The monoisotopic (exact) mass is 215 g/mol. The van der Waals surface area contributed by atoms with Gasteiger partial charge in [-0.2, -0.15) is 0 Å². The summed E-state index contributed by atoms with van der Waals surface area (Å²) in [5, 5.41) is 10.9. The maximum Gasteiger partial charge on any atom is 0.0769 e. The van der Waals surface area contributed by atoms with E-state index in [1.54, 1.807) is 6.92 Å². The van der Waals surface area contributed by atoms with Crippen LogP contribution in [0.1, 0.15) is 36.8 Å². The van der Waals surface area contributed by atoms with Gasteiger partial charge in [0.2, 0.25) is 0 Å². The van der Waals surface area contributed by atoms with Crippen LogP contribution in [0.2, 0.25) is 0 Å². The highest BCUT2D eigenvalue weighted by Crippen LogP contribution is 2.26. The molecule has 1 heterocycles. The zero-order valence-electron chi connectivity index (χ0n) is 9.99. The van der Waals surface area contributed by atoms with Crippen LogP contribution in [0.4, 0.5) is 0 Å². The first kappa shape index (κ1) is 11.1. The first-order valence-electron chi connectivity index (χ1n) is 5.70. The first-order valence-corrected chi connectivity index (χ1v) is 5.70. The normalized spacial score (nSPS) is 13.0. The number of pyridine rings is 1. The fourth-order valence-electron chi connectivity index (χ4n) is 2.10. The lowest BCUT2D eigenvalue weighted by Gasteiger charge is -2.12. The van der Waals surface area contributed by atoms with Gasteiger partial charge in [-0.1, -0.05) is 25.1 Å². The molecule has 2 aromatic rings. The van der Waals surface area contributed by atoms with Crippen LogP contribution in [0, 0.1) is 6.92 Å². The highest BCUT2D eigenvalue weighted by atomic mass is 16.3. The summed E-state index contributed by atoms with van der Waals surface area (Å²) in [7, 11) is 0. The van der Waals surface area contributed by atoms with Crippen molar-refractivity contribution in [3.63, 3.8) is 0 Å². The van der Waals surface area contributed by atoms with Gasteiger partial charge in [-0.15, -0.1) is 0 Å². The summed E-state index contributed by atoms with van der Waals surface area (Å²) in [6, 6.07) is 8.13. The van der Waals surface area contributed by atoms with Gasteiger partial charge >= 0.3 is 0 Å². The zero-order chi connectivity index (χ0) is 11.7. The molecule has 0 saturated carbocycles. The molecule has 84 valence electrons. The Kier molecular flexibility index (Phi) is 2.92. The fourth-order valence-corrected chi connectivity index (χ4v) is 2.10. The van der Waals surface area contributed by atoms with Crippen molar-refractivity contribution in [2.75, 3.05) is 0 Å². The SMILES string of the molecule is CCc1cccc2c(C(C)O)cc(C)nc12. The van der Waals surface area contributed by atoms with Crippen LogP contribution in [0.5, 0.6) is 0 Å². The predicted octanol–water partition coefficient (Wildman–Crippen LogP) is 3.16. The lowest BCUT2D eigenvalue weighted by atomic mass is 10.00. The van der Waals surface area contributed by atoms with Gasteiger partial charge in [-0.3, -0.25) is 4.98 Å². The number of nitrogens with zero attached hydrogens (tertiary/aromatic N) is 1. The van der Waals surface area contributed by atoms with Gasteiger partial charge in [0.1, 0.15) is 0 Å². The maximum atomic E-state index is 9.78. The van der Waals surface area contributed by atoms with Gasteiger partial charge in [0.15, 0.2) is 0 Å². The Bertz CT molecular complexity index is 517. The second-order valence-electron chi connectivity index (χ2n) is 4.20. The molecule has 0 spiro atoms. The molecular weight excluding hydrogens is 198 g/mol. The number of hydrogen-bond donors (Lipinski definition) is 1. The molecule has 0 aliphatic carbocycles. The number of aliphatic hydroxyl groups excluding tert-OH is 1. The Morgan fingerprint density at radius 2 is 2.12 bits per heavy atom. The third-order valence-corrected chi connectivity index (χ3v) is 2.91. The molecule has 2 heteroatoms. The Balaban J connectivity index is 2.83. The van der Waals surface area contributed by atoms with E-state index in [9.17, 15) is 5.11 Å². The van der Waals surface area contributed by atoms with Crippen molar-refractivity contribution in [1.82, 2.24) is 4.98 Å². The van der Waals surface area contributed by atoms with Crippen molar-refractivity contribution in [2.45, 2.75) is 33.3 Å². The summed E-state index contributed by atoms with van der Waals surface area (Å²) in [6.07, 6.45) is 0.517. The van der Waals surface area contributed by atoms with Crippen LogP contribution in [0.3, 0.4) is 0 Å². The third kappa shape index (κ3) is 1.81. The third-order valence-electron chi connectivity index (χ3n) is 2.91. The Morgan fingerprint density at radius 1 is 1.38 bits per heavy atom. The molecule has 16 heavy (non-hydrogen) atoms. The number of rotatable bonds is 2. The van der Waals surface area contributed by atoms with Crippen molar-refractivity contribution >= 4 is 10.9 Å². The molecule has 1 aromatic heterocycles. The molecule has 0 fully saturated rings. The Hall–Kier alpha value is -1.41. The average Bonchev–Trinajstić information content (AvgIpc) is 2.27. The molecule has 2 nitrogen and oxygen atoms in total. The summed E-state index contributed by atoms with van der Waals surface area (Å²) >= 11 is 0. The molecule has 0 bridgehead atoms. The highest BCUT2D eigenvalue weighted by Gasteiger charge is 2.10. The van der Waals surface area contributed by atoms with E-state index in [1.165, 1.54) is 5.56 Å². The second kappa shape index (κ2) is 4.22. The van der Waals surface area contributed by atoms with Gasteiger partial charge in [0.05, 0.1) is 11.6 Å². The molecule has 1 atom stereocenters. The smallest absolute Gasteiger partial charge is 0.0769 e. The number of aliphatic hydroxyl groups is 1. The van der Waals surface area contributed by atoms with Crippen LogP contribution in [0.25, 0.3) is 10.9 Å². The highest BCUT2D eigenvalue weighted by molar-refractivity contribution is 5.85. The number of fused-ring (bicyclic) bond motifs is 1. The molecule has 0 aliphatic heterocycles. The summed E-state index contributed by atoms with van der Waals surface area (Å²) in [6.45, 7) is 5.89. The van der Waals surface area contributed by atoms with Gasteiger partial charge < -0.3 is 5.11 Å². The summed E-state index contributed by atoms with van der Waals surface area (Å²) in [4.78, 5) is 4.58. The van der Waals surface area contributed by atoms with E-state index in [4.69, 9.17) is 0 Å². The minimum Gasteiger partial charge on any atom is -0.389 e. The van der Waals surface area contributed by atoms with Crippen molar-refractivity contribution in [3.8, 4) is 0 Å². The first-order chi connectivity index (χ1) is 7.63. The lowest BCUT2D eigenvalue weighted by Crippen LogP contribution is -1.98. The van der Waals surface area contributed by atoms with Crippen molar-refractivity contribution in [2.24, 2.45) is 0 Å². The number of hydrogen-bond acceptors (Lipinski definition) is 2. The van der Waals surface area contributed by atoms with E-state index in [2.05, 4.69) is 18.0 Å². The quantitative estimate of drug-likeness (QED) is 0.834. The molecule has 0 aliphatic rings. The van der Waals surface area contributed by atoms with Gasteiger partial charge in [-0.05, 0) is 37.5 Å². The number of para-hydroxylation sites is 1. The topological polar surface area (TPSA) is 33.1 Å². The van der Waals surface area contributed by atoms with Crippen LogP contribution in [-0.2, 0) is 6.42 Å². The number of benzene rings is 1. The van der Waals surface area contributed by atoms with E-state index >= 15 is 0 Å². The molecule has 1 aromatic carbocycles. The summed E-state index contributed by atoms with van der Waals surface area (Å²) in [5.41, 5.74) is 4.20. The molecule has 1 N–H and O–H groups in total. The minimum atomic E-state index is -0.448. The van der Waals surface area contributed by atoms with E-state index in [0.717, 1.165) is 28.6 Å². The molecule has 0 saturated heterocycles. The van der Waals surface area contributed by atoms with Gasteiger partial charge in [-0.25, -0.2) is 0 Å². The maximum absolute atomic E-state index is 9.78. The standard InChI is InChI=1S/C14H17NO/c1-4-11-6-5-7-12-13(10(3)16)8-9(2)15-14(11)12/h5-8,10,16H,4H2,1-3H3. The van der Waals surface area contributed by atoms with Crippen LogP contribution < -0.4 is 0 Å². The van der Waals surface area contributed by atoms with Gasteiger partial charge in [0, 0.05) is 11.1 Å². The Morgan fingerprint density at radius 3 is 2.75 bits per heavy atom. The molecule has 1 unspecified atom stereocenters.